The predicted octanol–water partition coefficient (Wildman–Crippen LogP) is 2.60. The van der Waals surface area contributed by atoms with Gasteiger partial charge in [-0.25, -0.2) is 0 Å². The van der Waals surface area contributed by atoms with Crippen molar-refractivity contribution in [2.75, 3.05) is 20.6 Å². The molecule has 1 aromatic heterocycles. The van der Waals surface area contributed by atoms with Crippen LogP contribution in [0.5, 0.6) is 0 Å². The Morgan fingerprint density at radius 1 is 1.47 bits per heavy atom. The highest BCUT2D eigenvalue weighted by Gasteiger charge is 2.07. The molecule has 0 aliphatic heterocycles. The Balaban J connectivity index is 0.00000196. The summed E-state index contributed by atoms with van der Waals surface area (Å²) in [4.78, 5) is 3.69. The summed E-state index contributed by atoms with van der Waals surface area (Å²) in [5.74, 6) is 0. The smallest absolute Gasteiger partial charge is 0.0300 e. The van der Waals surface area contributed by atoms with Crippen molar-refractivity contribution in [1.29, 1.82) is 0 Å². The highest BCUT2D eigenvalue weighted by atomic mass is 35.5. The molecule has 88 valence electrons. The van der Waals surface area contributed by atoms with E-state index in [1.54, 1.807) is 0 Å². The standard InChI is InChI=1S/C11H20N2S.ClH/c1-4-10(13(2)3)8-12-9-11-6-5-7-14-11;/h5-7,10,12H,4,8-9H2,1-3H3;1H. The Bertz CT molecular complexity index is 237. The van der Waals surface area contributed by atoms with Gasteiger partial charge in [0, 0.05) is 24.0 Å². The molecule has 0 aliphatic carbocycles. The molecule has 0 aromatic carbocycles. The van der Waals surface area contributed by atoms with Crippen LogP contribution in [0.25, 0.3) is 0 Å². The van der Waals surface area contributed by atoms with Gasteiger partial charge in [0.15, 0.2) is 0 Å². The number of thiophene rings is 1. The van der Waals surface area contributed by atoms with Crippen molar-refractivity contribution in [1.82, 2.24) is 10.2 Å². The van der Waals surface area contributed by atoms with Gasteiger partial charge in [0.05, 0.1) is 0 Å². The maximum Gasteiger partial charge on any atom is 0.0300 e. The Labute approximate surface area is 103 Å². The minimum Gasteiger partial charge on any atom is -0.310 e. The first-order valence-corrected chi connectivity index (χ1v) is 6.01. The molecule has 0 saturated carbocycles. The fourth-order valence-electron chi connectivity index (χ4n) is 1.47. The average Bonchev–Trinajstić information content (AvgIpc) is 2.64. The SMILES string of the molecule is CCC(CNCc1cccs1)N(C)C.Cl. The summed E-state index contributed by atoms with van der Waals surface area (Å²) in [5.41, 5.74) is 0. The lowest BCUT2D eigenvalue weighted by atomic mass is 10.2. The number of rotatable bonds is 6. The second-order valence-electron chi connectivity index (χ2n) is 3.74. The van der Waals surface area contributed by atoms with Crippen LogP contribution in [0.2, 0.25) is 0 Å². The van der Waals surface area contributed by atoms with E-state index in [0.29, 0.717) is 6.04 Å². The highest BCUT2D eigenvalue weighted by molar-refractivity contribution is 7.09. The molecule has 0 amide bonds. The molecule has 1 unspecified atom stereocenters. The van der Waals surface area contributed by atoms with Crippen molar-refractivity contribution in [2.45, 2.75) is 25.9 Å². The molecule has 1 heterocycles. The first kappa shape index (κ1) is 14.9. The van der Waals surface area contributed by atoms with E-state index < -0.39 is 0 Å². The van der Waals surface area contributed by atoms with Gasteiger partial charge in [-0.1, -0.05) is 13.0 Å². The minimum atomic E-state index is 0. The van der Waals surface area contributed by atoms with Crippen LogP contribution in [0.4, 0.5) is 0 Å². The van der Waals surface area contributed by atoms with Crippen LogP contribution in [-0.2, 0) is 6.54 Å². The third kappa shape index (κ3) is 5.52. The molecule has 0 spiro atoms. The van der Waals surface area contributed by atoms with Crippen LogP contribution >= 0.6 is 23.7 Å². The van der Waals surface area contributed by atoms with Gasteiger partial charge in [0.1, 0.15) is 0 Å². The molecule has 4 heteroatoms. The van der Waals surface area contributed by atoms with Crippen molar-refractivity contribution in [3.05, 3.63) is 22.4 Å². The van der Waals surface area contributed by atoms with Crippen molar-refractivity contribution in [2.24, 2.45) is 0 Å². The van der Waals surface area contributed by atoms with E-state index in [0.717, 1.165) is 13.1 Å². The van der Waals surface area contributed by atoms with Crippen LogP contribution in [0, 0.1) is 0 Å². The summed E-state index contributed by atoms with van der Waals surface area (Å²) < 4.78 is 0. The number of likely N-dealkylation sites (N-methyl/N-ethyl adjacent to an activating group) is 1. The summed E-state index contributed by atoms with van der Waals surface area (Å²) in [6.45, 7) is 4.31. The van der Waals surface area contributed by atoms with E-state index in [9.17, 15) is 0 Å². The molecule has 0 radical (unpaired) electrons. The lowest BCUT2D eigenvalue weighted by molar-refractivity contribution is 0.276. The zero-order valence-corrected chi connectivity index (χ0v) is 11.3. The normalized spacial score (nSPS) is 12.5. The second kappa shape index (κ2) is 8.11. The van der Waals surface area contributed by atoms with Crippen molar-refractivity contribution < 1.29 is 0 Å². The minimum absolute atomic E-state index is 0. The van der Waals surface area contributed by atoms with E-state index in [4.69, 9.17) is 0 Å². The predicted molar refractivity (Wildman–Crippen MR) is 71.0 cm³/mol. The Morgan fingerprint density at radius 3 is 2.67 bits per heavy atom. The van der Waals surface area contributed by atoms with Crippen molar-refractivity contribution in [3.8, 4) is 0 Å². The molecule has 1 N–H and O–H groups in total. The topological polar surface area (TPSA) is 15.3 Å². The largest absolute Gasteiger partial charge is 0.310 e. The van der Waals surface area contributed by atoms with E-state index in [1.807, 2.05) is 11.3 Å². The first-order chi connectivity index (χ1) is 6.74. The van der Waals surface area contributed by atoms with E-state index in [-0.39, 0.29) is 12.4 Å². The molecule has 0 bridgehead atoms. The molecule has 2 nitrogen and oxygen atoms in total. The second-order valence-corrected chi connectivity index (χ2v) is 4.77. The quantitative estimate of drug-likeness (QED) is 0.833. The fraction of sp³-hybridized carbons (Fsp3) is 0.636. The molecular weight excluding hydrogens is 228 g/mol. The zero-order valence-electron chi connectivity index (χ0n) is 9.69. The number of hydrogen-bond donors (Lipinski definition) is 1. The lowest BCUT2D eigenvalue weighted by Gasteiger charge is -2.22. The summed E-state index contributed by atoms with van der Waals surface area (Å²) >= 11 is 1.81. The number of hydrogen-bond acceptors (Lipinski definition) is 3. The van der Waals surface area contributed by atoms with Gasteiger partial charge < -0.3 is 10.2 Å². The maximum atomic E-state index is 3.49. The van der Waals surface area contributed by atoms with Gasteiger partial charge in [-0.05, 0) is 32.0 Å². The molecule has 0 aliphatic rings. The number of halogens is 1. The summed E-state index contributed by atoms with van der Waals surface area (Å²) in [7, 11) is 4.28. The van der Waals surface area contributed by atoms with Crippen LogP contribution in [0.1, 0.15) is 18.2 Å². The molecule has 1 atom stereocenters. The Hall–Kier alpha value is -0.0900. The number of nitrogens with one attached hydrogen (secondary N) is 1. The Morgan fingerprint density at radius 2 is 2.20 bits per heavy atom. The average molecular weight is 249 g/mol. The fourth-order valence-corrected chi connectivity index (χ4v) is 2.14. The monoisotopic (exact) mass is 248 g/mol. The third-order valence-corrected chi connectivity index (χ3v) is 3.34. The van der Waals surface area contributed by atoms with Crippen molar-refractivity contribution in [3.63, 3.8) is 0 Å². The highest BCUT2D eigenvalue weighted by Crippen LogP contribution is 2.07. The molecule has 1 rings (SSSR count). The van der Waals surface area contributed by atoms with Crippen molar-refractivity contribution >= 4 is 23.7 Å². The molecule has 15 heavy (non-hydrogen) atoms. The molecule has 0 fully saturated rings. The molecule has 0 saturated heterocycles. The zero-order chi connectivity index (χ0) is 10.4. The van der Waals surface area contributed by atoms with Gasteiger partial charge in [-0.3, -0.25) is 0 Å². The number of nitrogens with zero attached hydrogens (tertiary/aromatic N) is 1. The Kier molecular flexibility index (Phi) is 8.06. The molecule has 1 aromatic rings. The van der Waals surface area contributed by atoms with E-state index >= 15 is 0 Å². The van der Waals surface area contributed by atoms with Gasteiger partial charge in [-0.15, -0.1) is 23.7 Å². The van der Waals surface area contributed by atoms with Gasteiger partial charge in [-0.2, -0.15) is 0 Å². The van der Waals surface area contributed by atoms with Gasteiger partial charge >= 0.3 is 0 Å². The van der Waals surface area contributed by atoms with E-state index in [2.05, 4.69) is 48.7 Å². The summed E-state index contributed by atoms with van der Waals surface area (Å²) in [5, 5.41) is 5.61. The van der Waals surface area contributed by atoms with E-state index in [1.165, 1.54) is 11.3 Å². The first-order valence-electron chi connectivity index (χ1n) is 5.13. The van der Waals surface area contributed by atoms with Crippen LogP contribution < -0.4 is 5.32 Å². The molecular formula is C11H21ClN2S. The summed E-state index contributed by atoms with van der Waals surface area (Å²) in [6.07, 6.45) is 1.20. The van der Waals surface area contributed by atoms with Crippen LogP contribution in [-0.4, -0.2) is 31.6 Å². The third-order valence-electron chi connectivity index (χ3n) is 2.46. The van der Waals surface area contributed by atoms with Crippen LogP contribution in [0.3, 0.4) is 0 Å². The van der Waals surface area contributed by atoms with Gasteiger partial charge in [0.25, 0.3) is 0 Å². The summed E-state index contributed by atoms with van der Waals surface area (Å²) in [6, 6.07) is 4.93. The lowest BCUT2D eigenvalue weighted by Crippen LogP contribution is -2.36. The van der Waals surface area contributed by atoms with Crippen LogP contribution in [0.15, 0.2) is 17.5 Å². The maximum absolute atomic E-state index is 3.49. The van der Waals surface area contributed by atoms with Gasteiger partial charge in [0.2, 0.25) is 0 Å².